The lowest BCUT2D eigenvalue weighted by molar-refractivity contribution is 0.0977. The second-order valence-electron chi connectivity index (χ2n) is 7.69. The van der Waals surface area contributed by atoms with Gasteiger partial charge >= 0.3 is 0 Å². The summed E-state index contributed by atoms with van der Waals surface area (Å²) in [6.45, 7) is 6.03. The molecule has 2 N–H and O–H groups in total. The molecule has 0 radical (unpaired) electrons. The molecule has 0 spiro atoms. The minimum atomic E-state index is -0.237. The number of carbonyl (C=O) groups excluding carboxylic acids is 1. The summed E-state index contributed by atoms with van der Waals surface area (Å²) in [7, 11) is 0. The highest BCUT2D eigenvalue weighted by molar-refractivity contribution is 7.80. The Kier molecular flexibility index (Phi) is 5.82. The van der Waals surface area contributed by atoms with Crippen molar-refractivity contribution in [3.63, 3.8) is 0 Å². The Morgan fingerprint density at radius 3 is 2.52 bits per heavy atom. The van der Waals surface area contributed by atoms with Crippen LogP contribution in [-0.4, -0.2) is 16.0 Å². The van der Waals surface area contributed by atoms with E-state index in [0.717, 1.165) is 33.5 Å². The van der Waals surface area contributed by atoms with Gasteiger partial charge in [-0.15, -0.1) is 0 Å². The van der Waals surface area contributed by atoms with E-state index in [1.807, 2.05) is 62.4 Å². The molecule has 156 valence electrons. The number of fused-ring (bicyclic) bond motifs is 1. The van der Waals surface area contributed by atoms with Gasteiger partial charge in [-0.3, -0.25) is 10.1 Å². The highest BCUT2D eigenvalue weighted by Gasteiger charge is 2.11. The molecule has 0 saturated heterocycles. The largest absolute Gasteiger partial charge is 0.440 e. The third-order valence-electron chi connectivity index (χ3n) is 4.94. The lowest BCUT2D eigenvalue weighted by Gasteiger charge is -2.10. The lowest BCUT2D eigenvalue weighted by atomic mass is 10.1. The Morgan fingerprint density at radius 2 is 1.77 bits per heavy atom. The topological polar surface area (TPSA) is 67.2 Å². The number of oxazole rings is 1. The summed E-state index contributed by atoms with van der Waals surface area (Å²) in [6, 6.07) is 19.3. The molecule has 4 aromatic rings. The number of anilines is 1. The van der Waals surface area contributed by atoms with Gasteiger partial charge < -0.3 is 9.73 Å². The maximum absolute atomic E-state index is 12.3. The predicted molar refractivity (Wildman–Crippen MR) is 128 cm³/mol. The standard InChI is InChI=1S/C25H23N3O2S/c1-15-5-4-6-19(12-15)24(29)28-25(31)26-20-9-7-18(8-10-20)14-22-27-21-13-16(2)11-17(3)23(21)30-22/h4-13H,14H2,1-3H3,(H2,26,28,29,31). The number of hydrogen-bond donors (Lipinski definition) is 2. The molecule has 0 fully saturated rings. The van der Waals surface area contributed by atoms with Crippen LogP contribution in [0.5, 0.6) is 0 Å². The number of aromatic nitrogens is 1. The van der Waals surface area contributed by atoms with Crippen LogP contribution in [0, 0.1) is 20.8 Å². The Hall–Kier alpha value is -3.51. The van der Waals surface area contributed by atoms with Crippen LogP contribution in [0.4, 0.5) is 5.69 Å². The molecule has 1 heterocycles. The fraction of sp³-hybridized carbons (Fsp3) is 0.160. The molecule has 3 aromatic carbocycles. The first kappa shape index (κ1) is 20.8. The highest BCUT2D eigenvalue weighted by Crippen LogP contribution is 2.23. The molecule has 1 amide bonds. The molecule has 0 saturated carbocycles. The number of nitrogens with one attached hydrogen (secondary N) is 2. The van der Waals surface area contributed by atoms with Crippen LogP contribution in [0.3, 0.4) is 0 Å². The molecule has 5 nitrogen and oxygen atoms in total. The molecule has 0 aliphatic carbocycles. The first-order valence-electron chi connectivity index (χ1n) is 10.0. The van der Waals surface area contributed by atoms with Crippen molar-refractivity contribution in [1.82, 2.24) is 10.3 Å². The van der Waals surface area contributed by atoms with Gasteiger partial charge in [0.15, 0.2) is 16.6 Å². The van der Waals surface area contributed by atoms with E-state index in [4.69, 9.17) is 16.6 Å². The SMILES string of the molecule is Cc1cccc(C(=O)NC(=S)Nc2ccc(Cc3nc4cc(C)cc(C)c4o3)cc2)c1. The van der Waals surface area contributed by atoms with E-state index >= 15 is 0 Å². The molecular formula is C25H23N3O2S. The zero-order chi connectivity index (χ0) is 22.0. The number of carbonyl (C=O) groups is 1. The summed E-state index contributed by atoms with van der Waals surface area (Å²) in [4.78, 5) is 16.9. The fourth-order valence-electron chi connectivity index (χ4n) is 3.50. The van der Waals surface area contributed by atoms with Crippen molar-refractivity contribution in [2.45, 2.75) is 27.2 Å². The maximum atomic E-state index is 12.3. The number of amides is 1. The minimum absolute atomic E-state index is 0.237. The summed E-state index contributed by atoms with van der Waals surface area (Å²) in [5.41, 5.74) is 7.45. The van der Waals surface area contributed by atoms with Gasteiger partial charge in [0, 0.05) is 17.7 Å². The van der Waals surface area contributed by atoms with E-state index in [2.05, 4.69) is 28.6 Å². The van der Waals surface area contributed by atoms with E-state index in [-0.39, 0.29) is 11.0 Å². The third kappa shape index (κ3) is 4.98. The maximum Gasteiger partial charge on any atom is 0.257 e. The molecule has 0 aliphatic heterocycles. The first-order valence-corrected chi connectivity index (χ1v) is 10.4. The van der Waals surface area contributed by atoms with Crippen molar-refractivity contribution in [2.75, 3.05) is 5.32 Å². The number of hydrogen-bond acceptors (Lipinski definition) is 4. The van der Waals surface area contributed by atoms with Gasteiger partial charge in [-0.2, -0.15) is 0 Å². The van der Waals surface area contributed by atoms with Crippen molar-refractivity contribution in [3.05, 3.63) is 94.4 Å². The second kappa shape index (κ2) is 8.70. The van der Waals surface area contributed by atoms with E-state index in [1.54, 1.807) is 6.07 Å². The molecule has 0 aliphatic rings. The fourth-order valence-corrected chi connectivity index (χ4v) is 3.71. The van der Waals surface area contributed by atoms with Gasteiger partial charge in [0.25, 0.3) is 5.91 Å². The van der Waals surface area contributed by atoms with Crippen LogP contribution in [0.15, 0.2) is 65.1 Å². The van der Waals surface area contributed by atoms with Gasteiger partial charge in [0.05, 0.1) is 0 Å². The third-order valence-corrected chi connectivity index (χ3v) is 5.14. The molecule has 0 bridgehead atoms. The number of aryl methyl sites for hydroxylation is 3. The summed E-state index contributed by atoms with van der Waals surface area (Å²) < 4.78 is 5.95. The summed E-state index contributed by atoms with van der Waals surface area (Å²) in [6.07, 6.45) is 0.599. The normalized spacial score (nSPS) is 10.8. The zero-order valence-corrected chi connectivity index (χ0v) is 18.5. The minimum Gasteiger partial charge on any atom is -0.440 e. The van der Waals surface area contributed by atoms with Crippen LogP contribution in [0.2, 0.25) is 0 Å². The highest BCUT2D eigenvalue weighted by atomic mass is 32.1. The molecule has 31 heavy (non-hydrogen) atoms. The number of rotatable bonds is 4. The molecule has 4 rings (SSSR count). The van der Waals surface area contributed by atoms with E-state index in [0.29, 0.717) is 17.9 Å². The van der Waals surface area contributed by atoms with Crippen molar-refractivity contribution in [3.8, 4) is 0 Å². The van der Waals surface area contributed by atoms with Crippen LogP contribution in [-0.2, 0) is 6.42 Å². The molecule has 6 heteroatoms. The van der Waals surface area contributed by atoms with Crippen LogP contribution < -0.4 is 10.6 Å². The van der Waals surface area contributed by atoms with Crippen molar-refractivity contribution in [1.29, 1.82) is 0 Å². The summed E-state index contributed by atoms with van der Waals surface area (Å²) in [5, 5.41) is 6.01. The quantitative estimate of drug-likeness (QED) is 0.421. The smallest absolute Gasteiger partial charge is 0.257 e. The second-order valence-corrected chi connectivity index (χ2v) is 8.10. The molecule has 0 atom stereocenters. The Bertz CT molecular complexity index is 1280. The predicted octanol–water partition coefficient (Wildman–Crippen LogP) is 5.47. The average molecular weight is 430 g/mol. The van der Waals surface area contributed by atoms with Crippen LogP contribution >= 0.6 is 12.2 Å². The zero-order valence-electron chi connectivity index (χ0n) is 17.7. The molecule has 0 unspecified atom stereocenters. The summed E-state index contributed by atoms with van der Waals surface area (Å²) >= 11 is 5.27. The Morgan fingerprint density at radius 1 is 1.00 bits per heavy atom. The van der Waals surface area contributed by atoms with Gasteiger partial charge in [-0.25, -0.2) is 4.98 Å². The molecule has 1 aromatic heterocycles. The van der Waals surface area contributed by atoms with Crippen molar-refractivity contribution >= 4 is 40.0 Å². The van der Waals surface area contributed by atoms with E-state index in [9.17, 15) is 4.79 Å². The first-order chi connectivity index (χ1) is 14.9. The van der Waals surface area contributed by atoms with Crippen LogP contribution in [0.25, 0.3) is 11.1 Å². The summed E-state index contributed by atoms with van der Waals surface area (Å²) in [5.74, 6) is 0.449. The van der Waals surface area contributed by atoms with Gasteiger partial charge in [0.2, 0.25) is 0 Å². The number of benzene rings is 3. The van der Waals surface area contributed by atoms with Crippen molar-refractivity contribution < 1.29 is 9.21 Å². The van der Waals surface area contributed by atoms with Gasteiger partial charge in [-0.05, 0) is 80.0 Å². The van der Waals surface area contributed by atoms with E-state index < -0.39 is 0 Å². The average Bonchev–Trinajstić information content (AvgIpc) is 3.12. The van der Waals surface area contributed by atoms with Gasteiger partial charge in [0.1, 0.15) is 5.52 Å². The van der Waals surface area contributed by atoms with Gasteiger partial charge in [-0.1, -0.05) is 35.9 Å². The number of thiocarbonyl (C=S) groups is 1. The number of nitrogens with zero attached hydrogens (tertiary/aromatic N) is 1. The van der Waals surface area contributed by atoms with Crippen molar-refractivity contribution in [2.24, 2.45) is 0 Å². The Labute approximate surface area is 186 Å². The van der Waals surface area contributed by atoms with Crippen LogP contribution in [0.1, 0.15) is 38.5 Å². The Balaban J connectivity index is 1.38. The van der Waals surface area contributed by atoms with E-state index in [1.165, 1.54) is 5.56 Å². The monoisotopic (exact) mass is 429 g/mol. The molecular weight excluding hydrogens is 406 g/mol. The lowest BCUT2D eigenvalue weighted by Crippen LogP contribution is -2.34.